The van der Waals surface area contributed by atoms with Gasteiger partial charge in [-0.1, -0.05) is 15.9 Å². The highest BCUT2D eigenvalue weighted by Gasteiger charge is 2.16. The Morgan fingerprint density at radius 3 is 2.67 bits per heavy atom. The molecule has 1 aromatic heterocycles. The van der Waals surface area contributed by atoms with Gasteiger partial charge in [0.15, 0.2) is 0 Å². The number of aldehydes is 1. The lowest BCUT2D eigenvalue weighted by atomic mass is 10.0. The van der Waals surface area contributed by atoms with Crippen LogP contribution in [0, 0.1) is 0 Å². The molecular weight excluding hydrogens is 262 g/mol. The van der Waals surface area contributed by atoms with E-state index in [4.69, 9.17) is 9.47 Å². The molecule has 0 radical (unpaired) electrons. The zero-order valence-electron chi connectivity index (χ0n) is 8.57. The fourth-order valence-electron chi connectivity index (χ4n) is 1.19. The summed E-state index contributed by atoms with van der Waals surface area (Å²) in [5.74, 6) is 0.638. The van der Waals surface area contributed by atoms with E-state index >= 15 is 0 Å². The second kappa shape index (κ2) is 5.70. The number of hydrogen-bond donors (Lipinski definition) is 0. The highest BCUT2D eigenvalue weighted by molar-refractivity contribution is 9.09. The van der Waals surface area contributed by atoms with E-state index < -0.39 is 0 Å². The summed E-state index contributed by atoms with van der Waals surface area (Å²) >= 11 is 3.27. The molecule has 0 N–H and O–H groups in total. The van der Waals surface area contributed by atoms with Crippen LogP contribution in [0.5, 0.6) is 11.8 Å². The van der Waals surface area contributed by atoms with Crippen molar-refractivity contribution in [3.8, 4) is 11.8 Å². The summed E-state index contributed by atoms with van der Waals surface area (Å²) in [5, 5.41) is 0.543. The maximum absolute atomic E-state index is 10.8. The molecule has 0 saturated heterocycles. The minimum Gasteiger partial charge on any atom is -0.481 e. The first-order chi connectivity index (χ1) is 7.26. The Morgan fingerprint density at radius 1 is 1.47 bits per heavy atom. The van der Waals surface area contributed by atoms with Crippen LogP contribution in [0.3, 0.4) is 0 Å². The third-order valence-electron chi connectivity index (χ3n) is 2.00. The molecule has 0 aliphatic rings. The van der Waals surface area contributed by atoms with Crippen LogP contribution in [0.25, 0.3) is 0 Å². The summed E-state index contributed by atoms with van der Waals surface area (Å²) in [6.07, 6.45) is 0.862. The van der Waals surface area contributed by atoms with Crippen LogP contribution < -0.4 is 9.47 Å². The first kappa shape index (κ1) is 12.0. The molecule has 5 heteroatoms. The zero-order chi connectivity index (χ0) is 11.3. The van der Waals surface area contributed by atoms with Gasteiger partial charge in [-0.05, 0) is 6.07 Å². The van der Waals surface area contributed by atoms with Gasteiger partial charge in [-0.2, -0.15) is 4.98 Å². The molecule has 1 aromatic rings. The summed E-state index contributed by atoms with van der Waals surface area (Å²) in [5.41, 5.74) is 0.755. The molecule has 4 nitrogen and oxygen atoms in total. The third-order valence-corrected chi connectivity index (χ3v) is 2.69. The van der Waals surface area contributed by atoms with Crippen molar-refractivity contribution in [3.63, 3.8) is 0 Å². The second-order valence-corrected chi connectivity index (χ2v) is 3.50. The van der Waals surface area contributed by atoms with Gasteiger partial charge in [0.25, 0.3) is 0 Å². The van der Waals surface area contributed by atoms with Gasteiger partial charge in [0.1, 0.15) is 6.29 Å². The Bertz CT molecular complexity index is 343. The summed E-state index contributed by atoms with van der Waals surface area (Å²) < 4.78 is 10.1. The number of nitrogens with zero attached hydrogens (tertiary/aromatic N) is 1. The fraction of sp³-hybridized carbons (Fsp3) is 0.400. The van der Waals surface area contributed by atoms with Crippen LogP contribution >= 0.6 is 15.9 Å². The Labute approximate surface area is 96.7 Å². The largest absolute Gasteiger partial charge is 0.481 e. The highest BCUT2D eigenvalue weighted by atomic mass is 79.9. The lowest BCUT2D eigenvalue weighted by Gasteiger charge is -2.12. The SMILES string of the molecule is COc1ccc(C(C=O)CBr)c(OC)n1. The lowest BCUT2D eigenvalue weighted by Crippen LogP contribution is -2.06. The number of alkyl halides is 1. The van der Waals surface area contributed by atoms with E-state index in [1.165, 1.54) is 14.2 Å². The van der Waals surface area contributed by atoms with Gasteiger partial charge < -0.3 is 14.3 Å². The molecule has 0 saturated carbocycles. The zero-order valence-corrected chi connectivity index (χ0v) is 10.2. The molecule has 0 fully saturated rings. The van der Waals surface area contributed by atoms with Crippen molar-refractivity contribution in [3.05, 3.63) is 17.7 Å². The van der Waals surface area contributed by atoms with Gasteiger partial charge in [0.2, 0.25) is 11.8 Å². The minimum absolute atomic E-state index is 0.252. The molecular formula is C10H12BrNO3. The number of halogens is 1. The molecule has 15 heavy (non-hydrogen) atoms. The molecule has 0 bridgehead atoms. The monoisotopic (exact) mass is 273 g/mol. The van der Waals surface area contributed by atoms with Crippen molar-refractivity contribution in [2.24, 2.45) is 0 Å². The average molecular weight is 274 g/mol. The maximum Gasteiger partial charge on any atom is 0.220 e. The van der Waals surface area contributed by atoms with E-state index in [-0.39, 0.29) is 5.92 Å². The van der Waals surface area contributed by atoms with Crippen molar-refractivity contribution >= 4 is 22.2 Å². The molecule has 1 rings (SSSR count). The van der Waals surface area contributed by atoms with E-state index in [0.29, 0.717) is 17.1 Å². The maximum atomic E-state index is 10.8. The number of pyridine rings is 1. The predicted octanol–water partition coefficient (Wildman–Crippen LogP) is 1.78. The van der Waals surface area contributed by atoms with Gasteiger partial charge in [0, 0.05) is 17.0 Å². The van der Waals surface area contributed by atoms with E-state index in [9.17, 15) is 4.79 Å². The molecule has 0 spiro atoms. The predicted molar refractivity (Wildman–Crippen MR) is 59.9 cm³/mol. The van der Waals surface area contributed by atoms with Crippen molar-refractivity contribution in [2.75, 3.05) is 19.5 Å². The first-order valence-corrected chi connectivity index (χ1v) is 5.49. The highest BCUT2D eigenvalue weighted by Crippen LogP contribution is 2.27. The van der Waals surface area contributed by atoms with Gasteiger partial charge in [-0.3, -0.25) is 0 Å². The number of hydrogen-bond acceptors (Lipinski definition) is 4. The molecule has 0 aromatic carbocycles. The van der Waals surface area contributed by atoms with E-state index in [1.54, 1.807) is 12.1 Å². The smallest absolute Gasteiger partial charge is 0.220 e. The molecule has 0 aliphatic heterocycles. The van der Waals surface area contributed by atoms with Crippen LogP contribution in [-0.4, -0.2) is 30.8 Å². The van der Waals surface area contributed by atoms with E-state index in [2.05, 4.69) is 20.9 Å². The summed E-state index contributed by atoms with van der Waals surface area (Å²) in [6, 6.07) is 3.49. The standard InChI is InChI=1S/C10H12BrNO3/c1-14-9-4-3-8(7(5-11)6-13)10(12-9)15-2/h3-4,6-7H,5H2,1-2H3. The summed E-state index contributed by atoms with van der Waals surface area (Å²) in [7, 11) is 3.05. The summed E-state index contributed by atoms with van der Waals surface area (Å²) in [4.78, 5) is 14.9. The van der Waals surface area contributed by atoms with Crippen LogP contribution in [0.15, 0.2) is 12.1 Å². The Kier molecular flexibility index (Phi) is 4.55. The van der Waals surface area contributed by atoms with E-state index in [0.717, 1.165) is 11.8 Å². The van der Waals surface area contributed by atoms with Crippen LogP contribution in [0.1, 0.15) is 11.5 Å². The Hall–Kier alpha value is -1.10. The Balaban J connectivity index is 3.11. The summed E-state index contributed by atoms with van der Waals surface area (Å²) in [6.45, 7) is 0. The molecule has 1 unspecified atom stereocenters. The fourth-order valence-corrected chi connectivity index (χ4v) is 1.69. The van der Waals surface area contributed by atoms with Crippen molar-refractivity contribution in [1.82, 2.24) is 4.98 Å². The molecule has 1 atom stereocenters. The number of carbonyl (C=O) groups excluding carboxylic acids is 1. The second-order valence-electron chi connectivity index (χ2n) is 2.85. The van der Waals surface area contributed by atoms with Gasteiger partial charge in [0.05, 0.1) is 20.1 Å². The molecule has 0 amide bonds. The van der Waals surface area contributed by atoms with Gasteiger partial charge in [-0.25, -0.2) is 0 Å². The molecule has 0 aliphatic carbocycles. The van der Waals surface area contributed by atoms with Crippen molar-refractivity contribution < 1.29 is 14.3 Å². The van der Waals surface area contributed by atoms with Crippen LogP contribution in [-0.2, 0) is 4.79 Å². The van der Waals surface area contributed by atoms with Crippen molar-refractivity contribution in [1.29, 1.82) is 0 Å². The Morgan fingerprint density at radius 2 is 2.20 bits per heavy atom. The van der Waals surface area contributed by atoms with Crippen LogP contribution in [0.4, 0.5) is 0 Å². The number of ether oxygens (including phenoxy) is 2. The topological polar surface area (TPSA) is 48.4 Å². The normalized spacial score (nSPS) is 11.9. The quantitative estimate of drug-likeness (QED) is 0.606. The van der Waals surface area contributed by atoms with Crippen LogP contribution in [0.2, 0.25) is 0 Å². The molecule has 1 heterocycles. The minimum atomic E-state index is -0.252. The van der Waals surface area contributed by atoms with Gasteiger partial charge in [-0.15, -0.1) is 0 Å². The van der Waals surface area contributed by atoms with E-state index in [1.807, 2.05) is 0 Å². The molecule has 82 valence electrons. The van der Waals surface area contributed by atoms with Gasteiger partial charge >= 0.3 is 0 Å². The number of carbonyl (C=O) groups is 1. The average Bonchev–Trinajstić information content (AvgIpc) is 2.31. The lowest BCUT2D eigenvalue weighted by molar-refractivity contribution is -0.108. The number of rotatable bonds is 5. The first-order valence-electron chi connectivity index (χ1n) is 4.37. The van der Waals surface area contributed by atoms with Crippen molar-refractivity contribution in [2.45, 2.75) is 5.92 Å². The number of methoxy groups -OCH3 is 2. The number of aromatic nitrogens is 1. The third kappa shape index (κ3) is 2.68.